The van der Waals surface area contributed by atoms with Crippen LogP contribution in [0.1, 0.15) is 16.7 Å². The minimum atomic E-state index is 0.564. The summed E-state index contributed by atoms with van der Waals surface area (Å²) in [6.45, 7) is 6.93. The van der Waals surface area contributed by atoms with Crippen LogP contribution in [0.25, 0.3) is 0 Å². The van der Waals surface area contributed by atoms with Gasteiger partial charge in [-0.1, -0.05) is 0 Å². The Kier molecular flexibility index (Phi) is 6.70. The highest BCUT2D eigenvalue weighted by molar-refractivity contribution is 7.11. The lowest BCUT2D eigenvalue weighted by Crippen LogP contribution is -2.39. The van der Waals surface area contributed by atoms with E-state index in [0.29, 0.717) is 19.7 Å². The van der Waals surface area contributed by atoms with Crippen LogP contribution in [0.5, 0.6) is 5.75 Å². The SMILES string of the molecule is CCNC(=NCc1ccc(C)s1)NCCOc1cccnc1. The maximum absolute atomic E-state index is 5.59. The Hall–Kier alpha value is -2.08. The number of guanidine groups is 1. The van der Waals surface area contributed by atoms with Crippen molar-refractivity contribution < 1.29 is 4.74 Å². The van der Waals surface area contributed by atoms with E-state index in [1.807, 2.05) is 12.1 Å². The van der Waals surface area contributed by atoms with Crippen molar-refractivity contribution in [3.8, 4) is 5.75 Å². The lowest BCUT2D eigenvalue weighted by atomic mass is 10.4. The summed E-state index contributed by atoms with van der Waals surface area (Å²) in [6.07, 6.45) is 3.44. The van der Waals surface area contributed by atoms with E-state index in [-0.39, 0.29) is 0 Å². The molecule has 118 valence electrons. The Morgan fingerprint density at radius 1 is 1.32 bits per heavy atom. The first-order valence-electron chi connectivity index (χ1n) is 7.38. The molecular weight excluding hydrogens is 296 g/mol. The van der Waals surface area contributed by atoms with Crippen LogP contribution in [0.2, 0.25) is 0 Å². The van der Waals surface area contributed by atoms with E-state index in [4.69, 9.17) is 4.74 Å². The van der Waals surface area contributed by atoms with Crippen LogP contribution in [0.3, 0.4) is 0 Å². The van der Waals surface area contributed by atoms with Crippen molar-refractivity contribution in [1.29, 1.82) is 0 Å². The number of aryl methyl sites for hydroxylation is 1. The van der Waals surface area contributed by atoms with Crippen LogP contribution in [0.4, 0.5) is 0 Å². The molecule has 0 unspecified atom stereocenters. The monoisotopic (exact) mass is 318 g/mol. The first-order chi connectivity index (χ1) is 10.8. The molecule has 0 saturated carbocycles. The van der Waals surface area contributed by atoms with E-state index < -0.39 is 0 Å². The highest BCUT2D eigenvalue weighted by atomic mass is 32.1. The Morgan fingerprint density at radius 3 is 2.91 bits per heavy atom. The summed E-state index contributed by atoms with van der Waals surface area (Å²) in [4.78, 5) is 11.2. The zero-order chi connectivity index (χ0) is 15.6. The van der Waals surface area contributed by atoms with E-state index in [1.165, 1.54) is 9.75 Å². The number of hydrogen-bond donors (Lipinski definition) is 2. The van der Waals surface area contributed by atoms with Gasteiger partial charge in [0.2, 0.25) is 0 Å². The van der Waals surface area contributed by atoms with Crippen LogP contribution in [0, 0.1) is 6.92 Å². The number of pyridine rings is 1. The number of nitrogens with one attached hydrogen (secondary N) is 2. The summed E-state index contributed by atoms with van der Waals surface area (Å²) < 4.78 is 5.59. The van der Waals surface area contributed by atoms with Gasteiger partial charge in [0.1, 0.15) is 12.4 Å². The average molecular weight is 318 g/mol. The van der Waals surface area contributed by atoms with Crippen molar-refractivity contribution in [3.63, 3.8) is 0 Å². The second-order valence-electron chi connectivity index (χ2n) is 4.67. The second kappa shape index (κ2) is 9.04. The topological polar surface area (TPSA) is 58.5 Å². The number of hydrogen-bond acceptors (Lipinski definition) is 4. The molecule has 0 aliphatic rings. The van der Waals surface area contributed by atoms with E-state index in [1.54, 1.807) is 23.7 Å². The van der Waals surface area contributed by atoms with Gasteiger partial charge in [-0.3, -0.25) is 4.98 Å². The van der Waals surface area contributed by atoms with Crippen LogP contribution in [0.15, 0.2) is 41.7 Å². The maximum atomic E-state index is 5.59. The normalized spacial score (nSPS) is 11.3. The van der Waals surface area contributed by atoms with Gasteiger partial charge < -0.3 is 15.4 Å². The zero-order valence-electron chi connectivity index (χ0n) is 13.0. The fraction of sp³-hybridized carbons (Fsp3) is 0.375. The fourth-order valence-corrected chi connectivity index (χ4v) is 2.65. The quantitative estimate of drug-likeness (QED) is 0.468. The maximum Gasteiger partial charge on any atom is 0.191 e. The lowest BCUT2D eigenvalue weighted by Gasteiger charge is -2.11. The molecule has 0 aliphatic carbocycles. The number of aromatic nitrogens is 1. The van der Waals surface area contributed by atoms with E-state index in [9.17, 15) is 0 Å². The third-order valence-electron chi connectivity index (χ3n) is 2.83. The van der Waals surface area contributed by atoms with Crippen LogP contribution in [-0.4, -0.2) is 30.6 Å². The summed E-state index contributed by atoms with van der Waals surface area (Å²) >= 11 is 1.78. The van der Waals surface area contributed by atoms with Gasteiger partial charge in [0.15, 0.2) is 5.96 Å². The molecule has 2 aromatic rings. The summed E-state index contributed by atoms with van der Waals surface area (Å²) in [6, 6.07) is 8.00. The van der Waals surface area contributed by atoms with Gasteiger partial charge in [0, 0.05) is 22.5 Å². The molecule has 2 heterocycles. The molecule has 0 atom stereocenters. The molecule has 6 heteroatoms. The number of nitrogens with zero attached hydrogens (tertiary/aromatic N) is 2. The van der Waals surface area contributed by atoms with Crippen molar-refractivity contribution >= 4 is 17.3 Å². The Labute approximate surface area is 135 Å². The molecule has 0 amide bonds. The average Bonchev–Trinajstić information content (AvgIpc) is 2.95. The van der Waals surface area contributed by atoms with Crippen LogP contribution < -0.4 is 15.4 Å². The minimum Gasteiger partial charge on any atom is -0.490 e. The van der Waals surface area contributed by atoms with Crippen molar-refractivity contribution in [3.05, 3.63) is 46.4 Å². The summed E-state index contributed by atoms with van der Waals surface area (Å²) in [5.41, 5.74) is 0. The number of thiophene rings is 1. The minimum absolute atomic E-state index is 0.564. The standard InChI is InChI=1S/C16H22N4OS/c1-3-18-16(20-12-15-7-6-13(2)22-15)19-9-10-21-14-5-4-8-17-11-14/h4-8,11H,3,9-10,12H2,1-2H3,(H2,18,19,20). The Morgan fingerprint density at radius 2 is 2.23 bits per heavy atom. The van der Waals surface area contributed by atoms with E-state index in [0.717, 1.165) is 18.3 Å². The first-order valence-corrected chi connectivity index (χ1v) is 8.20. The summed E-state index contributed by atoms with van der Waals surface area (Å²) in [7, 11) is 0. The van der Waals surface area contributed by atoms with Crippen LogP contribution in [-0.2, 0) is 6.54 Å². The van der Waals surface area contributed by atoms with Gasteiger partial charge in [-0.05, 0) is 38.1 Å². The second-order valence-corrected chi connectivity index (χ2v) is 6.04. The predicted molar refractivity (Wildman–Crippen MR) is 91.6 cm³/mol. The van der Waals surface area contributed by atoms with Crippen LogP contribution >= 0.6 is 11.3 Å². The highest BCUT2D eigenvalue weighted by Gasteiger charge is 1.99. The lowest BCUT2D eigenvalue weighted by molar-refractivity contribution is 0.320. The van der Waals surface area contributed by atoms with Crippen molar-refractivity contribution in [1.82, 2.24) is 15.6 Å². The molecule has 2 aromatic heterocycles. The largest absolute Gasteiger partial charge is 0.490 e. The molecule has 0 radical (unpaired) electrons. The number of rotatable bonds is 7. The summed E-state index contributed by atoms with van der Waals surface area (Å²) in [5, 5.41) is 6.50. The van der Waals surface area contributed by atoms with Gasteiger partial charge in [-0.15, -0.1) is 11.3 Å². The number of ether oxygens (including phenoxy) is 1. The number of aliphatic imine (C=N–C) groups is 1. The van der Waals surface area contributed by atoms with E-state index in [2.05, 4.69) is 46.6 Å². The molecule has 2 rings (SSSR count). The van der Waals surface area contributed by atoms with Crippen molar-refractivity contribution in [2.45, 2.75) is 20.4 Å². The Bertz CT molecular complexity index is 583. The molecule has 0 fully saturated rings. The summed E-state index contributed by atoms with van der Waals surface area (Å²) in [5.74, 6) is 1.59. The first kappa shape index (κ1) is 16.3. The molecular formula is C16H22N4OS. The predicted octanol–water partition coefficient (Wildman–Crippen LogP) is 2.59. The zero-order valence-corrected chi connectivity index (χ0v) is 13.8. The van der Waals surface area contributed by atoms with Gasteiger partial charge >= 0.3 is 0 Å². The highest BCUT2D eigenvalue weighted by Crippen LogP contribution is 2.15. The van der Waals surface area contributed by atoms with E-state index >= 15 is 0 Å². The molecule has 2 N–H and O–H groups in total. The molecule has 0 spiro atoms. The Balaban J connectivity index is 1.76. The van der Waals surface area contributed by atoms with Gasteiger partial charge in [0.25, 0.3) is 0 Å². The van der Waals surface area contributed by atoms with Gasteiger partial charge in [-0.25, -0.2) is 4.99 Å². The van der Waals surface area contributed by atoms with Gasteiger partial charge in [0.05, 0.1) is 19.3 Å². The molecule has 22 heavy (non-hydrogen) atoms. The smallest absolute Gasteiger partial charge is 0.191 e. The van der Waals surface area contributed by atoms with Gasteiger partial charge in [-0.2, -0.15) is 0 Å². The molecule has 0 saturated heterocycles. The third-order valence-corrected chi connectivity index (χ3v) is 3.82. The molecule has 0 aromatic carbocycles. The molecule has 0 aliphatic heterocycles. The molecule has 0 bridgehead atoms. The third kappa shape index (κ3) is 5.73. The fourth-order valence-electron chi connectivity index (χ4n) is 1.84. The van der Waals surface area contributed by atoms with Crippen molar-refractivity contribution in [2.24, 2.45) is 4.99 Å². The molecule has 5 nitrogen and oxygen atoms in total. The van der Waals surface area contributed by atoms with Crippen molar-refractivity contribution in [2.75, 3.05) is 19.7 Å².